The van der Waals surface area contributed by atoms with E-state index < -0.39 is 0 Å². The third-order valence-electron chi connectivity index (χ3n) is 3.57. The second kappa shape index (κ2) is 7.55. The highest BCUT2D eigenvalue weighted by molar-refractivity contribution is 7.13. The maximum Gasteiger partial charge on any atom is 0.227 e. The predicted octanol–water partition coefficient (Wildman–Crippen LogP) is 3.85. The molecule has 0 aromatic carbocycles. The van der Waals surface area contributed by atoms with E-state index in [2.05, 4.69) is 35.9 Å². The lowest BCUT2D eigenvalue weighted by Gasteiger charge is -2.23. The molecule has 0 aliphatic heterocycles. The van der Waals surface area contributed by atoms with E-state index in [-0.39, 0.29) is 0 Å². The minimum atomic E-state index is 0.643. The molecule has 0 saturated carbocycles. The largest absolute Gasteiger partial charge is 0.339 e. The zero-order valence-electron chi connectivity index (χ0n) is 12.5. The summed E-state index contributed by atoms with van der Waals surface area (Å²) in [4.78, 5) is 7.91. The molecule has 2 rings (SSSR count). The molecule has 2 heterocycles. The molecule has 20 heavy (non-hydrogen) atoms. The Hall–Kier alpha value is -1.20. The van der Waals surface area contributed by atoms with Crippen molar-refractivity contribution in [3.63, 3.8) is 0 Å². The average Bonchev–Trinajstić information content (AvgIpc) is 3.09. The van der Waals surface area contributed by atoms with Crippen molar-refractivity contribution in [1.29, 1.82) is 0 Å². The van der Waals surface area contributed by atoms with Gasteiger partial charge in [0.1, 0.15) is 0 Å². The van der Waals surface area contributed by atoms with Gasteiger partial charge in [-0.3, -0.25) is 0 Å². The molecule has 0 spiro atoms. The fourth-order valence-corrected chi connectivity index (χ4v) is 2.85. The number of rotatable bonds is 8. The second-order valence-electron chi connectivity index (χ2n) is 5.21. The van der Waals surface area contributed by atoms with Gasteiger partial charge in [0.15, 0.2) is 0 Å². The smallest absolute Gasteiger partial charge is 0.227 e. The Morgan fingerprint density at radius 3 is 3.00 bits per heavy atom. The maximum atomic E-state index is 5.31. The molecule has 0 saturated heterocycles. The summed E-state index contributed by atoms with van der Waals surface area (Å²) in [6.07, 6.45) is 4.39. The van der Waals surface area contributed by atoms with E-state index in [0.29, 0.717) is 11.9 Å². The summed E-state index contributed by atoms with van der Waals surface area (Å²) in [7, 11) is 2.19. The lowest BCUT2D eigenvalue weighted by molar-refractivity contribution is 0.238. The van der Waals surface area contributed by atoms with Crippen LogP contribution in [0.25, 0.3) is 10.7 Å². The maximum absolute atomic E-state index is 5.31. The lowest BCUT2D eigenvalue weighted by atomic mass is 10.1. The van der Waals surface area contributed by atoms with Gasteiger partial charge in [0.2, 0.25) is 11.7 Å². The molecule has 0 unspecified atom stereocenters. The molecule has 0 bridgehead atoms. The Morgan fingerprint density at radius 2 is 2.30 bits per heavy atom. The van der Waals surface area contributed by atoms with Crippen LogP contribution in [0.2, 0.25) is 0 Å². The van der Waals surface area contributed by atoms with E-state index in [9.17, 15) is 0 Å². The molecule has 4 nitrogen and oxygen atoms in total. The molecule has 2 aromatic heterocycles. The van der Waals surface area contributed by atoms with E-state index in [0.717, 1.165) is 30.2 Å². The van der Waals surface area contributed by atoms with Gasteiger partial charge in [-0.15, -0.1) is 11.3 Å². The molecule has 0 radical (unpaired) electrons. The summed E-state index contributed by atoms with van der Waals surface area (Å²) >= 11 is 1.63. The van der Waals surface area contributed by atoms with E-state index >= 15 is 0 Å². The molecular formula is C15H23N3OS. The normalized spacial score (nSPS) is 13.0. The van der Waals surface area contributed by atoms with Crippen molar-refractivity contribution in [1.82, 2.24) is 15.0 Å². The summed E-state index contributed by atoms with van der Waals surface area (Å²) in [5, 5.41) is 6.05. The van der Waals surface area contributed by atoms with Crippen molar-refractivity contribution in [2.75, 3.05) is 13.6 Å². The van der Waals surface area contributed by atoms with Gasteiger partial charge < -0.3 is 9.42 Å². The first-order valence-electron chi connectivity index (χ1n) is 7.27. The van der Waals surface area contributed by atoms with Crippen molar-refractivity contribution in [2.45, 2.75) is 45.6 Å². The summed E-state index contributed by atoms with van der Waals surface area (Å²) in [6, 6.07) is 4.66. The molecule has 110 valence electrons. The van der Waals surface area contributed by atoms with Gasteiger partial charge in [0.05, 0.1) is 4.88 Å². The van der Waals surface area contributed by atoms with Gasteiger partial charge in [-0.1, -0.05) is 24.6 Å². The molecule has 0 amide bonds. The van der Waals surface area contributed by atoms with Crippen LogP contribution in [0.3, 0.4) is 0 Å². The van der Waals surface area contributed by atoms with Crippen LogP contribution in [0.5, 0.6) is 0 Å². The Balaban J connectivity index is 1.77. The summed E-state index contributed by atoms with van der Waals surface area (Å²) in [5.74, 6) is 1.45. The molecule has 5 heteroatoms. The average molecular weight is 293 g/mol. The van der Waals surface area contributed by atoms with E-state index in [1.54, 1.807) is 11.3 Å². The van der Waals surface area contributed by atoms with Crippen LogP contribution >= 0.6 is 11.3 Å². The number of hydrogen-bond donors (Lipinski definition) is 0. The third kappa shape index (κ3) is 4.15. The molecule has 0 fully saturated rings. The highest BCUT2D eigenvalue weighted by atomic mass is 32.1. The Bertz CT molecular complexity index is 495. The molecule has 0 aliphatic carbocycles. The van der Waals surface area contributed by atoms with Gasteiger partial charge >= 0.3 is 0 Å². The van der Waals surface area contributed by atoms with Crippen LogP contribution in [0.15, 0.2) is 22.0 Å². The molecule has 2 aromatic rings. The van der Waals surface area contributed by atoms with Crippen LogP contribution in [0.1, 0.15) is 39.0 Å². The summed E-state index contributed by atoms with van der Waals surface area (Å²) < 4.78 is 5.31. The number of aromatic nitrogens is 2. The molecule has 1 atom stereocenters. The standard InChI is InChI=1S/C15H23N3OS/c1-4-7-12(2)18(3)10-5-9-14-16-15(17-19-14)13-8-6-11-20-13/h6,8,11-12H,4-5,7,9-10H2,1-3H3/t12-/m1/s1. The van der Waals surface area contributed by atoms with Gasteiger partial charge in [-0.05, 0) is 44.8 Å². The van der Waals surface area contributed by atoms with Gasteiger partial charge in [-0.25, -0.2) is 0 Å². The minimum Gasteiger partial charge on any atom is -0.339 e. The zero-order chi connectivity index (χ0) is 14.4. The van der Waals surface area contributed by atoms with Crippen molar-refractivity contribution >= 4 is 11.3 Å². The SMILES string of the molecule is CCC[C@@H](C)N(C)CCCc1nc(-c2cccs2)no1. The summed E-state index contributed by atoms with van der Waals surface area (Å²) in [6.45, 7) is 5.58. The second-order valence-corrected chi connectivity index (χ2v) is 6.16. The van der Waals surface area contributed by atoms with Crippen LogP contribution in [0, 0.1) is 0 Å². The van der Waals surface area contributed by atoms with Crippen LogP contribution in [0.4, 0.5) is 0 Å². The van der Waals surface area contributed by atoms with Gasteiger partial charge in [-0.2, -0.15) is 4.98 Å². The quantitative estimate of drug-likeness (QED) is 0.741. The van der Waals surface area contributed by atoms with Crippen LogP contribution in [-0.2, 0) is 6.42 Å². The van der Waals surface area contributed by atoms with Crippen LogP contribution in [-0.4, -0.2) is 34.7 Å². The Kier molecular flexibility index (Phi) is 5.73. The number of thiophene rings is 1. The van der Waals surface area contributed by atoms with E-state index in [1.807, 2.05) is 17.5 Å². The van der Waals surface area contributed by atoms with E-state index in [1.165, 1.54) is 12.8 Å². The first-order valence-corrected chi connectivity index (χ1v) is 8.15. The zero-order valence-corrected chi connectivity index (χ0v) is 13.3. The fraction of sp³-hybridized carbons (Fsp3) is 0.600. The summed E-state index contributed by atoms with van der Waals surface area (Å²) in [5.41, 5.74) is 0. The van der Waals surface area contributed by atoms with Crippen LogP contribution < -0.4 is 0 Å². The van der Waals surface area contributed by atoms with Gasteiger partial charge in [0.25, 0.3) is 0 Å². The van der Waals surface area contributed by atoms with E-state index in [4.69, 9.17) is 4.52 Å². The highest BCUT2D eigenvalue weighted by Gasteiger charge is 2.11. The van der Waals surface area contributed by atoms with Crippen molar-refractivity contribution in [2.24, 2.45) is 0 Å². The monoisotopic (exact) mass is 293 g/mol. The number of nitrogens with zero attached hydrogens (tertiary/aromatic N) is 3. The lowest BCUT2D eigenvalue weighted by Crippen LogP contribution is -2.30. The van der Waals surface area contributed by atoms with Crippen molar-refractivity contribution < 1.29 is 4.52 Å². The first-order chi connectivity index (χ1) is 9.70. The third-order valence-corrected chi connectivity index (χ3v) is 4.44. The van der Waals surface area contributed by atoms with Crippen molar-refractivity contribution in [3.05, 3.63) is 23.4 Å². The first kappa shape index (κ1) is 15.2. The molecule has 0 aliphatic rings. The Morgan fingerprint density at radius 1 is 1.45 bits per heavy atom. The fourth-order valence-electron chi connectivity index (χ4n) is 2.20. The topological polar surface area (TPSA) is 42.2 Å². The highest BCUT2D eigenvalue weighted by Crippen LogP contribution is 2.21. The van der Waals surface area contributed by atoms with Crippen molar-refractivity contribution in [3.8, 4) is 10.7 Å². The van der Waals surface area contributed by atoms with Gasteiger partial charge in [0, 0.05) is 12.5 Å². The molecular weight excluding hydrogens is 270 g/mol. The number of aryl methyl sites for hydroxylation is 1. The minimum absolute atomic E-state index is 0.643. The predicted molar refractivity (Wildman–Crippen MR) is 82.9 cm³/mol. The number of hydrogen-bond acceptors (Lipinski definition) is 5. The Labute approximate surface area is 124 Å². The molecule has 0 N–H and O–H groups in total.